The van der Waals surface area contributed by atoms with Crippen molar-refractivity contribution in [2.75, 3.05) is 0 Å². The molecule has 0 spiro atoms. The van der Waals surface area contributed by atoms with Crippen molar-refractivity contribution in [3.63, 3.8) is 0 Å². The molecule has 0 aliphatic carbocycles. The van der Waals surface area contributed by atoms with Gasteiger partial charge in [-0.1, -0.05) is 13.3 Å². The zero-order valence-corrected chi connectivity index (χ0v) is 10.3. The van der Waals surface area contributed by atoms with Crippen molar-refractivity contribution in [3.05, 3.63) is 57.8 Å². The van der Waals surface area contributed by atoms with Gasteiger partial charge in [0.15, 0.2) is 5.78 Å². The lowest BCUT2D eigenvalue weighted by Crippen LogP contribution is -1.94. The van der Waals surface area contributed by atoms with E-state index in [1.807, 2.05) is 6.08 Å². The molecule has 0 aliphatic rings. The van der Waals surface area contributed by atoms with Gasteiger partial charge in [-0.25, -0.2) is 0 Å². The fraction of sp³-hybridized carbons (Fsp3) is 0.286. The minimum atomic E-state index is -0.491. The number of hydrogen-bond acceptors (Lipinski definition) is 3. The lowest BCUT2D eigenvalue weighted by molar-refractivity contribution is -0.384. The summed E-state index contributed by atoms with van der Waals surface area (Å²) in [6.07, 6.45) is 6.27. The minimum absolute atomic E-state index is 0.0194. The fourth-order valence-electron chi connectivity index (χ4n) is 1.35. The van der Waals surface area contributed by atoms with E-state index < -0.39 is 4.92 Å². The molecule has 0 radical (unpaired) electrons. The molecule has 0 amide bonds. The van der Waals surface area contributed by atoms with E-state index in [2.05, 4.69) is 12.7 Å². The van der Waals surface area contributed by atoms with Gasteiger partial charge in [0.05, 0.1) is 4.92 Å². The Morgan fingerprint density at radius 1 is 1.39 bits per heavy atom. The number of nitro benzene ring substituents is 1. The summed E-state index contributed by atoms with van der Waals surface area (Å²) in [4.78, 5) is 21.6. The standard InChI is InChI=1S/C14H15NO3/c1-2-3-4-5-6-7-14(16)12-8-10-13(11-9-12)15(17)18/h5,7-11H,2-4H2,1H3. The summed E-state index contributed by atoms with van der Waals surface area (Å²) in [6, 6.07) is 5.54. The first-order valence-electron chi connectivity index (χ1n) is 5.85. The number of non-ortho nitro benzene ring substituents is 1. The summed E-state index contributed by atoms with van der Waals surface area (Å²) in [6.45, 7) is 2.10. The molecule has 0 aliphatic heterocycles. The molecule has 1 aromatic rings. The first kappa shape index (κ1) is 13.9. The van der Waals surface area contributed by atoms with E-state index in [-0.39, 0.29) is 11.5 Å². The van der Waals surface area contributed by atoms with Gasteiger partial charge in [-0.2, -0.15) is 0 Å². The molecule has 1 aromatic carbocycles. The second kappa shape index (κ2) is 7.20. The molecule has 94 valence electrons. The number of nitrogens with zero attached hydrogens (tertiary/aromatic N) is 1. The average molecular weight is 245 g/mol. The third-order valence-electron chi connectivity index (χ3n) is 2.40. The predicted octanol–water partition coefficient (Wildman–Crippen LogP) is 3.68. The van der Waals surface area contributed by atoms with E-state index in [0.717, 1.165) is 19.3 Å². The highest BCUT2D eigenvalue weighted by molar-refractivity contribution is 6.04. The zero-order valence-electron chi connectivity index (χ0n) is 10.3. The molecule has 0 saturated carbocycles. The smallest absolute Gasteiger partial charge is 0.269 e. The van der Waals surface area contributed by atoms with Crippen LogP contribution in [-0.4, -0.2) is 10.7 Å². The summed E-state index contributed by atoms with van der Waals surface area (Å²) in [5, 5.41) is 10.4. The first-order valence-corrected chi connectivity index (χ1v) is 5.85. The van der Waals surface area contributed by atoms with Gasteiger partial charge in [0.25, 0.3) is 5.69 Å². The lowest BCUT2D eigenvalue weighted by atomic mass is 10.1. The Kier molecular flexibility index (Phi) is 5.55. The van der Waals surface area contributed by atoms with Gasteiger partial charge in [-0.05, 0) is 31.1 Å². The summed E-state index contributed by atoms with van der Waals surface area (Å²) in [5.41, 5.74) is 3.23. The largest absolute Gasteiger partial charge is 0.289 e. The van der Waals surface area contributed by atoms with Gasteiger partial charge in [0, 0.05) is 23.8 Å². The summed E-state index contributed by atoms with van der Waals surface area (Å²) < 4.78 is 0. The van der Waals surface area contributed by atoms with Crippen LogP contribution < -0.4 is 0 Å². The topological polar surface area (TPSA) is 60.2 Å². The van der Waals surface area contributed by atoms with E-state index in [9.17, 15) is 14.9 Å². The van der Waals surface area contributed by atoms with Gasteiger partial charge in [-0.15, -0.1) is 5.73 Å². The van der Waals surface area contributed by atoms with Crippen LogP contribution in [0.4, 0.5) is 5.69 Å². The fourth-order valence-corrected chi connectivity index (χ4v) is 1.35. The van der Waals surface area contributed by atoms with Crippen molar-refractivity contribution in [1.82, 2.24) is 0 Å². The van der Waals surface area contributed by atoms with E-state index in [1.165, 1.54) is 30.3 Å². The van der Waals surface area contributed by atoms with Crippen molar-refractivity contribution in [2.45, 2.75) is 26.2 Å². The van der Waals surface area contributed by atoms with Crippen LogP contribution in [-0.2, 0) is 0 Å². The van der Waals surface area contributed by atoms with Gasteiger partial charge in [0.2, 0.25) is 0 Å². The number of nitro groups is 1. The van der Waals surface area contributed by atoms with Crippen LogP contribution in [0.1, 0.15) is 36.5 Å². The maximum absolute atomic E-state index is 11.7. The zero-order chi connectivity index (χ0) is 13.4. The predicted molar refractivity (Wildman–Crippen MR) is 69.6 cm³/mol. The molecule has 1 rings (SSSR count). The Bertz CT molecular complexity index is 482. The highest BCUT2D eigenvalue weighted by Gasteiger charge is 2.06. The molecule has 0 bridgehead atoms. The molecular weight excluding hydrogens is 230 g/mol. The molecule has 4 nitrogen and oxygen atoms in total. The molecule has 0 N–H and O–H groups in total. The van der Waals surface area contributed by atoms with Gasteiger partial charge < -0.3 is 0 Å². The van der Waals surface area contributed by atoms with Crippen molar-refractivity contribution in [3.8, 4) is 0 Å². The molecule has 0 heterocycles. The third-order valence-corrected chi connectivity index (χ3v) is 2.40. The summed E-state index contributed by atoms with van der Waals surface area (Å²) in [5.74, 6) is -0.197. The average Bonchev–Trinajstić information content (AvgIpc) is 2.38. The normalized spacial score (nSPS) is 9.39. The van der Waals surface area contributed by atoms with Crippen LogP contribution in [0.5, 0.6) is 0 Å². The Morgan fingerprint density at radius 3 is 2.61 bits per heavy atom. The number of rotatable bonds is 6. The molecule has 4 heteroatoms. The number of unbranched alkanes of at least 4 members (excludes halogenated alkanes) is 2. The molecule has 0 saturated heterocycles. The lowest BCUT2D eigenvalue weighted by Gasteiger charge is -1.94. The number of carbonyl (C=O) groups excluding carboxylic acids is 1. The van der Waals surface area contributed by atoms with Crippen LogP contribution >= 0.6 is 0 Å². The second-order valence-electron chi connectivity index (χ2n) is 3.83. The van der Waals surface area contributed by atoms with Gasteiger partial charge >= 0.3 is 0 Å². The third kappa shape index (κ3) is 4.36. The van der Waals surface area contributed by atoms with Crippen LogP contribution in [0.3, 0.4) is 0 Å². The van der Waals surface area contributed by atoms with Crippen LogP contribution in [0.2, 0.25) is 0 Å². The SMILES string of the molecule is CCCCC=C=CC(=O)c1ccc([N+](=O)[O-])cc1. The number of ketones is 1. The van der Waals surface area contributed by atoms with Crippen LogP contribution in [0.25, 0.3) is 0 Å². The van der Waals surface area contributed by atoms with Gasteiger partial charge in [-0.3, -0.25) is 14.9 Å². The van der Waals surface area contributed by atoms with Crippen molar-refractivity contribution in [2.24, 2.45) is 0 Å². The molecule has 0 unspecified atom stereocenters. The molecular formula is C14H15NO3. The van der Waals surface area contributed by atoms with E-state index in [4.69, 9.17) is 0 Å². The minimum Gasteiger partial charge on any atom is -0.289 e. The Balaban J connectivity index is 2.67. The van der Waals surface area contributed by atoms with Gasteiger partial charge in [0.1, 0.15) is 0 Å². The van der Waals surface area contributed by atoms with Crippen molar-refractivity contribution < 1.29 is 9.72 Å². The Morgan fingerprint density at radius 2 is 2.06 bits per heavy atom. The van der Waals surface area contributed by atoms with Crippen molar-refractivity contribution in [1.29, 1.82) is 0 Å². The molecule has 0 aromatic heterocycles. The van der Waals surface area contributed by atoms with E-state index in [1.54, 1.807) is 0 Å². The highest BCUT2D eigenvalue weighted by Crippen LogP contribution is 2.12. The Labute approximate surface area is 106 Å². The molecule has 0 atom stereocenters. The van der Waals surface area contributed by atoms with Crippen molar-refractivity contribution >= 4 is 11.5 Å². The second-order valence-corrected chi connectivity index (χ2v) is 3.83. The summed E-state index contributed by atoms with van der Waals surface area (Å²) in [7, 11) is 0. The first-order chi connectivity index (χ1) is 8.65. The quantitative estimate of drug-likeness (QED) is 0.192. The molecule has 0 fully saturated rings. The number of hydrogen-bond donors (Lipinski definition) is 0. The monoisotopic (exact) mass is 245 g/mol. The van der Waals surface area contributed by atoms with E-state index >= 15 is 0 Å². The number of carbonyl (C=O) groups is 1. The van der Waals surface area contributed by atoms with Crippen LogP contribution in [0, 0.1) is 10.1 Å². The summed E-state index contributed by atoms with van der Waals surface area (Å²) >= 11 is 0. The number of allylic oxidation sites excluding steroid dienone is 1. The van der Waals surface area contributed by atoms with Crippen LogP contribution in [0.15, 0.2) is 42.1 Å². The van der Waals surface area contributed by atoms with E-state index in [0.29, 0.717) is 5.56 Å². The maximum Gasteiger partial charge on any atom is 0.269 e. The number of benzene rings is 1. The maximum atomic E-state index is 11.7. The Hall–Kier alpha value is -2.19. The highest BCUT2D eigenvalue weighted by atomic mass is 16.6. The molecule has 18 heavy (non-hydrogen) atoms.